The highest BCUT2D eigenvalue weighted by molar-refractivity contribution is 8.23. The first-order chi connectivity index (χ1) is 6.63. The number of hydrogen-bond donors (Lipinski definition) is 2. The third kappa shape index (κ3) is 12.5. The summed E-state index contributed by atoms with van der Waals surface area (Å²) in [7, 11) is 0. The Hall–Kier alpha value is 0.480. The van der Waals surface area contributed by atoms with Crippen molar-refractivity contribution in [1.82, 2.24) is 0 Å². The molecule has 14 heavy (non-hydrogen) atoms. The molecule has 0 amide bonds. The Bertz CT molecular complexity index is 164. The number of nitrogens with two attached hydrogens (primary N) is 2. The minimum absolute atomic E-state index is 0.550. The van der Waals surface area contributed by atoms with Crippen molar-refractivity contribution < 1.29 is 0 Å². The van der Waals surface area contributed by atoms with Crippen LogP contribution in [0.4, 0.5) is 0 Å². The summed E-state index contributed by atoms with van der Waals surface area (Å²) >= 11 is 12.6. The first kappa shape index (κ1) is 14.5. The smallest absolute Gasteiger partial charge is 0.131 e. The number of unbranched alkanes of at least 4 members (excludes halogenated alkanes) is 3. The van der Waals surface area contributed by atoms with E-state index in [-0.39, 0.29) is 0 Å². The lowest BCUT2D eigenvalue weighted by atomic mass is 10.2. The van der Waals surface area contributed by atoms with Crippen molar-refractivity contribution in [1.29, 1.82) is 0 Å². The van der Waals surface area contributed by atoms with E-state index in [0.717, 1.165) is 11.5 Å². The third-order valence-corrected chi connectivity index (χ3v) is 3.79. The van der Waals surface area contributed by atoms with Crippen LogP contribution in [0.25, 0.3) is 0 Å². The molecule has 0 atom stereocenters. The fourth-order valence-corrected chi connectivity index (χ4v) is 2.50. The summed E-state index contributed by atoms with van der Waals surface area (Å²) in [4.78, 5) is 0. The summed E-state index contributed by atoms with van der Waals surface area (Å²) in [6.07, 6.45) is 4.82. The molecule has 0 aliphatic carbocycles. The van der Waals surface area contributed by atoms with E-state index in [4.69, 9.17) is 35.9 Å². The topological polar surface area (TPSA) is 52.0 Å². The fourth-order valence-electron chi connectivity index (χ4n) is 0.903. The molecular weight excluding hydrogens is 252 g/mol. The molecule has 0 aromatic heterocycles. The van der Waals surface area contributed by atoms with Crippen molar-refractivity contribution in [2.24, 2.45) is 11.5 Å². The van der Waals surface area contributed by atoms with Gasteiger partial charge in [0.1, 0.15) is 8.64 Å². The van der Waals surface area contributed by atoms with Gasteiger partial charge in [-0.1, -0.05) is 60.8 Å². The normalized spacial score (nSPS) is 10.0. The molecule has 0 aliphatic heterocycles. The highest BCUT2D eigenvalue weighted by Crippen LogP contribution is 2.10. The summed E-state index contributed by atoms with van der Waals surface area (Å²) in [5.74, 6) is 2.08. The Kier molecular flexibility index (Phi) is 10.4. The van der Waals surface area contributed by atoms with Crippen molar-refractivity contribution in [2.75, 3.05) is 11.5 Å². The molecule has 0 spiro atoms. The van der Waals surface area contributed by atoms with Gasteiger partial charge in [-0.25, -0.2) is 0 Å². The van der Waals surface area contributed by atoms with E-state index in [1.54, 1.807) is 23.5 Å². The molecule has 0 saturated carbocycles. The standard InChI is InChI=1S/C8H16N2S4/c9-7(11)13-5-3-1-2-4-6-14-8(10)12/h1-6H2,(H2,9,11)(H2,10,12). The lowest BCUT2D eigenvalue weighted by molar-refractivity contribution is 0.712. The number of thioether (sulfide) groups is 2. The van der Waals surface area contributed by atoms with E-state index in [2.05, 4.69) is 0 Å². The van der Waals surface area contributed by atoms with Gasteiger partial charge >= 0.3 is 0 Å². The van der Waals surface area contributed by atoms with Gasteiger partial charge < -0.3 is 11.5 Å². The average Bonchev–Trinajstić information content (AvgIpc) is 2.08. The lowest BCUT2D eigenvalue weighted by Crippen LogP contribution is -2.03. The zero-order chi connectivity index (χ0) is 10.8. The molecule has 0 saturated heterocycles. The Morgan fingerprint density at radius 1 is 0.786 bits per heavy atom. The van der Waals surface area contributed by atoms with Gasteiger partial charge in [0.05, 0.1) is 0 Å². The zero-order valence-electron chi connectivity index (χ0n) is 8.03. The highest BCUT2D eigenvalue weighted by Gasteiger charge is 1.94. The maximum Gasteiger partial charge on any atom is 0.131 e. The molecule has 2 nitrogen and oxygen atoms in total. The predicted octanol–water partition coefficient (Wildman–Crippen LogP) is 2.50. The molecule has 0 fully saturated rings. The van der Waals surface area contributed by atoms with E-state index in [9.17, 15) is 0 Å². The minimum Gasteiger partial charge on any atom is -0.385 e. The van der Waals surface area contributed by atoms with Gasteiger partial charge in [-0.2, -0.15) is 0 Å². The van der Waals surface area contributed by atoms with Crippen LogP contribution in [0.3, 0.4) is 0 Å². The summed E-state index contributed by atoms with van der Waals surface area (Å²) in [6, 6.07) is 0. The first-order valence-corrected chi connectivity index (χ1v) is 7.26. The second-order valence-electron chi connectivity index (χ2n) is 2.75. The molecule has 6 heteroatoms. The molecule has 0 aromatic rings. The molecular formula is C8H16N2S4. The predicted molar refractivity (Wildman–Crippen MR) is 77.0 cm³/mol. The highest BCUT2D eigenvalue weighted by atomic mass is 32.2. The maximum atomic E-state index is 5.35. The van der Waals surface area contributed by atoms with Crippen molar-refractivity contribution in [2.45, 2.75) is 25.7 Å². The summed E-state index contributed by atoms with van der Waals surface area (Å²) < 4.78 is 1.10. The minimum atomic E-state index is 0.550. The van der Waals surface area contributed by atoms with E-state index in [0.29, 0.717) is 8.64 Å². The second kappa shape index (κ2) is 10.0. The second-order valence-corrected chi connectivity index (χ2v) is 6.42. The summed E-state index contributed by atoms with van der Waals surface area (Å²) in [5.41, 5.74) is 10.7. The lowest BCUT2D eigenvalue weighted by Gasteiger charge is -2.00. The Balaban J connectivity index is 2.99. The molecule has 0 unspecified atom stereocenters. The van der Waals surface area contributed by atoms with E-state index >= 15 is 0 Å². The van der Waals surface area contributed by atoms with Gasteiger partial charge in [0.15, 0.2) is 0 Å². The van der Waals surface area contributed by atoms with Crippen LogP contribution in [0.5, 0.6) is 0 Å². The van der Waals surface area contributed by atoms with Crippen LogP contribution in [0.2, 0.25) is 0 Å². The Morgan fingerprint density at radius 2 is 1.14 bits per heavy atom. The Morgan fingerprint density at radius 3 is 1.43 bits per heavy atom. The Labute approximate surface area is 105 Å². The number of thiocarbonyl (C=S) groups is 2. The molecule has 0 radical (unpaired) electrons. The van der Waals surface area contributed by atoms with Crippen LogP contribution in [0, 0.1) is 0 Å². The van der Waals surface area contributed by atoms with Gasteiger partial charge in [0.2, 0.25) is 0 Å². The van der Waals surface area contributed by atoms with Crippen molar-refractivity contribution in [3.8, 4) is 0 Å². The molecule has 0 aromatic carbocycles. The van der Waals surface area contributed by atoms with Crippen LogP contribution < -0.4 is 11.5 Å². The van der Waals surface area contributed by atoms with Crippen LogP contribution in [0.15, 0.2) is 0 Å². The summed E-state index contributed by atoms with van der Waals surface area (Å²) in [6.45, 7) is 0. The van der Waals surface area contributed by atoms with Crippen molar-refractivity contribution >= 4 is 56.6 Å². The van der Waals surface area contributed by atoms with E-state index in [1.807, 2.05) is 0 Å². The monoisotopic (exact) mass is 268 g/mol. The first-order valence-electron chi connectivity index (χ1n) is 4.47. The number of rotatable bonds is 7. The molecule has 0 bridgehead atoms. The van der Waals surface area contributed by atoms with Gasteiger partial charge in [-0.05, 0) is 12.8 Å². The molecule has 82 valence electrons. The van der Waals surface area contributed by atoms with Crippen LogP contribution >= 0.6 is 48.0 Å². The van der Waals surface area contributed by atoms with Crippen LogP contribution in [0.1, 0.15) is 25.7 Å². The van der Waals surface area contributed by atoms with Gasteiger partial charge in [-0.15, -0.1) is 0 Å². The molecule has 4 N–H and O–H groups in total. The fraction of sp³-hybridized carbons (Fsp3) is 0.750. The quantitative estimate of drug-likeness (QED) is 0.546. The van der Waals surface area contributed by atoms with E-state index in [1.165, 1.54) is 25.7 Å². The van der Waals surface area contributed by atoms with E-state index < -0.39 is 0 Å². The zero-order valence-corrected chi connectivity index (χ0v) is 11.3. The maximum absolute atomic E-state index is 5.35. The van der Waals surface area contributed by atoms with Crippen LogP contribution in [-0.4, -0.2) is 20.1 Å². The summed E-state index contributed by atoms with van der Waals surface area (Å²) in [5, 5.41) is 0. The largest absolute Gasteiger partial charge is 0.385 e. The molecule has 0 heterocycles. The van der Waals surface area contributed by atoms with Gasteiger partial charge in [-0.3, -0.25) is 0 Å². The van der Waals surface area contributed by atoms with Crippen molar-refractivity contribution in [3.63, 3.8) is 0 Å². The van der Waals surface area contributed by atoms with Crippen LogP contribution in [-0.2, 0) is 0 Å². The van der Waals surface area contributed by atoms with Crippen molar-refractivity contribution in [3.05, 3.63) is 0 Å². The third-order valence-electron chi connectivity index (χ3n) is 1.53. The SMILES string of the molecule is NC(=S)SCCCCCCSC(N)=S. The molecule has 0 aliphatic rings. The average molecular weight is 268 g/mol. The number of hydrogen-bond acceptors (Lipinski definition) is 4. The van der Waals surface area contributed by atoms with Gasteiger partial charge in [0, 0.05) is 11.5 Å². The molecule has 0 rings (SSSR count). The van der Waals surface area contributed by atoms with Gasteiger partial charge in [0.25, 0.3) is 0 Å².